The number of aliphatic hydroxyl groups excluding tert-OH is 1. The molecule has 96 heavy (non-hydrogen) atoms. The summed E-state index contributed by atoms with van der Waals surface area (Å²) in [5.41, 5.74) is 0. The Balaban J connectivity index is 5.18. The average Bonchev–Trinajstić information content (AvgIpc) is 3.48. The van der Waals surface area contributed by atoms with Gasteiger partial charge in [0.25, 0.3) is 0 Å². The number of esters is 4. The number of hydrogen-bond donors (Lipinski definition) is 3. The second-order valence-electron chi connectivity index (χ2n) is 29.7. The van der Waals surface area contributed by atoms with E-state index < -0.39 is 97.5 Å². The summed E-state index contributed by atoms with van der Waals surface area (Å²) in [6.45, 7) is 14.1. The number of phosphoric ester groups is 2. The Labute approximate surface area is 588 Å². The standard InChI is InChI=1S/C77H150O17P2/c1-67(2)53-45-37-29-23-19-15-13-11-9-10-12-14-16-21-25-33-43-51-59-76(81)93-72(63-87-74(79)57-49-41-35-27-31-39-47-55-69(5)6)65-91-95(83,84)89-61-71(78)62-90-96(85,86)92-66-73(64-88-75(80)58-50-42-36-28-32-40-48-56-70(7)8)94-77(82)60-52-44-34-26-22-18-17-20-24-30-38-46-54-68(3)4/h67-73,78H,9-66H2,1-8H3,(H,83,84)(H,85,86)/t71?,72-,73-/m1/s1. The van der Waals surface area contributed by atoms with Crippen LogP contribution in [0.3, 0.4) is 0 Å². The lowest BCUT2D eigenvalue weighted by molar-refractivity contribution is -0.161. The molecule has 0 amide bonds. The summed E-state index contributed by atoms with van der Waals surface area (Å²) in [7, 11) is -9.91. The number of rotatable bonds is 74. The van der Waals surface area contributed by atoms with Crippen LogP contribution >= 0.6 is 15.6 Å². The van der Waals surface area contributed by atoms with E-state index in [4.69, 9.17) is 37.0 Å². The fourth-order valence-electron chi connectivity index (χ4n) is 11.7. The summed E-state index contributed by atoms with van der Waals surface area (Å²) in [4.78, 5) is 72.8. The largest absolute Gasteiger partial charge is 0.472 e. The van der Waals surface area contributed by atoms with Crippen LogP contribution in [0.2, 0.25) is 0 Å². The molecule has 0 aliphatic rings. The number of hydrogen-bond acceptors (Lipinski definition) is 15. The number of phosphoric acid groups is 2. The van der Waals surface area contributed by atoms with Crippen molar-refractivity contribution in [2.45, 2.75) is 408 Å². The first-order valence-corrected chi connectivity index (χ1v) is 42.7. The van der Waals surface area contributed by atoms with Crippen LogP contribution in [0.15, 0.2) is 0 Å². The van der Waals surface area contributed by atoms with E-state index in [1.165, 1.54) is 180 Å². The molecule has 17 nitrogen and oxygen atoms in total. The zero-order valence-electron chi connectivity index (χ0n) is 63.0. The molecule has 0 fully saturated rings. The first-order chi connectivity index (χ1) is 46.1. The minimum atomic E-state index is -4.96. The molecule has 570 valence electrons. The maximum atomic E-state index is 13.1. The Morgan fingerprint density at radius 2 is 0.438 bits per heavy atom. The third kappa shape index (κ3) is 70.5. The van der Waals surface area contributed by atoms with E-state index in [2.05, 4.69) is 55.4 Å². The molecule has 0 bridgehead atoms. The van der Waals surface area contributed by atoms with Crippen LogP contribution in [-0.2, 0) is 65.4 Å². The van der Waals surface area contributed by atoms with E-state index >= 15 is 0 Å². The minimum absolute atomic E-state index is 0.106. The number of aliphatic hydroxyl groups is 1. The Morgan fingerprint density at radius 1 is 0.260 bits per heavy atom. The summed E-state index contributed by atoms with van der Waals surface area (Å²) >= 11 is 0. The van der Waals surface area contributed by atoms with Crippen LogP contribution in [-0.4, -0.2) is 96.7 Å². The van der Waals surface area contributed by atoms with E-state index in [1.807, 2.05) is 0 Å². The predicted molar refractivity (Wildman–Crippen MR) is 391 cm³/mol. The van der Waals surface area contributed by atoms with Crippen LogP contribution in [0, 0.1) is 23.7 Å². The zero-order chi connectivity index (χ0) is 71.0. The third-order valence-electron chi connectivity index (χ3n) is 17.8. The molecule has 0 aromatic heterocycles. The smallest absolute Gasteiger partial charge is 0.462 e. The number of ether oxygens (including phenoxy) is 4. The fraction of sp³-hybridized carbons (Fsp3) is 0.948. The van der Waals surface area contributed by atoms with Crippen molar-refractivity contribution < 1.29 is 80.2 Å². The molecule has 0 heterocycles. The molecule has 0 aliphatic heterocycles. The normalized spacial score (nSPS) is 14.1. The molecule has 0 radical (unpaired) electrons. The molecule has 0 saturated heterocycles. The maximum absolute atomic E-state index is 13.1. The van der Waals surface area contributed by atoms with Gasteiger partial charge in [0.1, 0.15) is 19.3 Å². The monoisotopic (exact) mass is 1410 g/mol. The molecular weight excluding hydrogens is 1260 g/mol. The van der Waals surface area contributed by atoms with Gasteiger partial charge in [0.2, 0.25) is 0 Å². The number of carbonyl (C=O) groups excluding carboxylic acids is 4. The quantitative estimate of drug-likeness (QED) is 0.0222. The van der Waals surface area contributed by atoms with E-state index in [0.29, 0.717) is 37.5 Å². The van der Waals surface area contributed by atoms with Gasteiger partial charge in [0, 0.05) is 25.7 Å². The van der Waals surface area contributed by atoms with Gasteiger partial charge in [-0.1, -0.05) is 338 Å². The van der Waals surface area contributed by atoms with Gasteiger partial charge < -0.3 is 33.8 Å². The van der Waals surface area contributed by atoms with E-state index in [9.17, 15) is 43.2 Å². The minimum Gasteiger partial charge on any atom is -0.462 e. The lowest BCUT2D eigenvalue weighted by atomic mass is 10.0. The van der Waals surface area contributed by atoms with Gasteiger partial charge in [-0.05, 0) is 49.4 Å². The van der Waals surface area contributed by atoms with Gasteiger partial charge in [-0.25, -0.2) is 9.13 Å². The topological polar surface area (TPSA) is 237 Å². The average molecular weight is 1410 g/mol. The summed E-state index contributed by atoms with van der Waals surface area (Å²) in [5.74, 6) is 0.885. The molecule has 3 N–H and O–H groups in total. The Morgan fingerprint density at radius 3 is 0.646 bits per heavy atom. The van der Waals surface area contributed by atoms with Gasteiger partial charge in [0.05, 0.1) is 26.4 Å². The molecule has 19 heteroatoms. The third-order valence-corrected chi connectivity index (χ3v) is 19.7. The molecule has 5 atom stereocenters. The van der Waals surface area contributed by atoms with Crippen LogP contribution < -0.4 is 0 Å². The van der Waals surface area contributed by atoms with Crippen molar-refractivity contribution >= 4 is 39.5 Å². The van der Waals surface area contributed by atoms with E-state index in [-0.39, 0.29) is 25.7 Å². The van der Waals surface area contributed by atoms with Crippen molar-refractivity contribution in [3.63, 3.8) is 0 Å². The molecule has 0 aromatic rings. The van der Waals surface area contributed by atoms with E-state index in [1.54, 1.807) is 0 Å². The second-order valence-corrected chi connectivity index (χ2v) is 32.6. The first kappa shape index (κ1) is 94.1. The Kier molecular flexibility index (Phi) is 65.0. The SMILES string of the molecule is CC(C)CCCCCCCCCCCCCCCCCCCCC(=O)O[C@H](COC(=O)CCCCCCCCCC(C)C)COP(=O)(O)OCC(O)COP(=O)(O)OC[C@@H](COC(=O)CCCCCCCCCC(C)C)OC(=O)CCCCCCCCCCCCCCC(C)C. The van der Waals surface area contributed by atoms with Crippen LogP contribution in [0.1, 0.15) is 389 Å². The maximum Gasteiger partial charge on any atom is 0.472 e. The van der Waals surface area contributed by atoms with Gasteiger partial charge in [-0.15, -0.1) is 0 Å². The Bertz CT molecular complexity index is 1880. The van der Waals surface area contributed by atoms with Gasteiger partial charge >= 0.3 is 39.5 Å². The van der Waals surface area contributed by atoms with Crippen molar-refractivity contribution in [1.29, 1.82) is 0 Å². The zero-order valence-corrected chi connectivity index (χ0v) is 64.8. The molecule has 0 saturated carbocycles. The summed E-state index contributed by atoms with van der Waals surface area (Å²) < 4.78 is 68.5. The molecule has 0 rings (SSSR count). The van der Waals surface area contributed by atoms with Crippen LogP contribution in [0.4, 0.5) is 0 Å². The molecular formula is C77H150O17P2. The van der Waals surface area contributed by atoms with E-state index in [0.717, 1.165) is 115 Å². The highest BCUT2D eigenvalue weighted by molar-refractivity contribution is 7.47. The summed E-state index contributed by atoms with van der Waals surface area (Å²) in [6.07, 6.45) is 51.6. The van der Waals surface area contributed by atoms with Gasteiger partial charge in [-0.2, -0.15) is 0 Å². The van der Waals surface area contributed by atoms with Crippen molar-refractivity contribution in [1.82, 2.24) is 0 Å². The van der Waals surface area contributed by atoms with Crippen molar-refractivity contribution in [3.8, 4) is 0 Å². The molecule has 0 spiro atoms. The Hall–Kier alpha value is -1.94. The predicted octanol–water partition coefficient (Wildman–Crippen LogP) is 22.4. The highest BCUT2D eigenvalue weighted by atomic mass is 31.2. The molecule has 0 aromatic carbocycles. The summed E-state index contributed by atoms with van der Waals surface area (Å²) in [6, 6.07) is 0. The number of carbonyl (C=O) groups is 4. The van der Waals surface area contributed by atoms with Crippen LogP contribution in [0.5, 0.6) is 0 Å². The van der Waals surface area contributed by atoms with Gasteiger partial charge in [0.15, 0.2) is 12.2 Å². The van der Waals surface area contributed by atoms with Crippen molar-refractivity contribution in [3.05, 3.63) is 0 Å². The number of unbranched alkanes of at least 4 members (excludes halogenated alkanes) is 40. The lowest BCUT2D eigenvalue weighted by Crippen LogP contribution is -2.30. The van der Waals surface area contributed by atoms with Crippen molar-refractivity contribution in [2.75, 3.05) is 39.6 Å². The van der Waals surface area contributed by atoms with Crippen LogP contribution in [0.25, 0.3) is 0 Å². The fourth-order valence-corrected chi connectivity index (χ4v) is 13.3. The first-order valence-electron chi connectivity index (χ1n) is 39.7. The second kappa shape index (κ2) is 66.3. The molecule has 0 aliphatic carbocycles. The lowest BCUT2D eigenvalue weighted by Gasteiger charge is -2.21. The highest BCUT2D eigenvalue weighted by Gasteiger charge is 2.30. The van der Waals surface area contributed by atoms with Crippen molar-refractivity contribution in [2.24, 2.45) is 23.7 Å². The highest BCUT2D eigenvalue weighted by Crippen LogP contribution is 2.45. The summed E-state index contributed by atoms with van der Waals surface area (Å²) in [5, 5.41) is 10.6. The molecule has 3 unspecified atom stereocenters. The van der Waals surface area contributed by atoms with Gasteiger partial charge in [-0.3, -0.25) is 37.3 Å².